The molecule has 2 saturated heterocycles. The highest BCUT2D eigenvalue weighted by Crippen LogP contribution is 2.26. The van der Waals surface area contributed by atoms with E-state index in [9.17, 15) is 14.4 Å². The molecule has 8 nitrogen and oxygen atoms in total. The third-order valence-corrected chi connectivity index (χ3v) is 7.58. The third-order valence-electron chi connectivity index (χ3n) is 7.58. The number of nitrogens with one attached hydrogen (secondary N) is 2. The van der Waals surface area contributed by atoms with E-state index in [0.717, 1.165) is 29.0 Å². The van der Waals surface area contributed by atoms with Gasteiger partial charge in [0.1, 0.15) is 11.8 Å². The molecule has 5 rings (SSSR count). The zero-order chi connectivity index (χ0) is 27.2. The second-order valence-corrected chi connectivity index (χ2v) is 10.0. The number of likely N-dealkylation sites (tertiary alicyclic amines) is 2. The molecule has 8 heteroatoms. The minimum Gasteiger partial charge on any atom is -0.497 e. The number of rotatable bonds is 6. The summed E-state index contributed by atoms with van der Waals surface area (Å²) < 4.78 is 5.16. The molecule has 39 heavy (non-hydrogen) atoms. The lowest BCUT2D eigenvalue weighted by Gasteiger charge is -2.35. The van der Waals surface area contributed by atoms with Gasteiger partial charge in [-0.15, -0.1) is 0 Å². The first-order valence-electron chi connectivity index (χ1n) is 13.5. The van der Waals surface area contributed by atoms with Crippen molar-refractivity contribution in [3.8, 4) is 16.9 Å². The summed E-state index contributed by atoms with van der Waals surface area (Å²) in [6.45, 7) is 1.56. The maximum absolute atomic E-state index is 13.4. The molecular formula is C31H34N4O4. The van der Waals surface area contributed by atoms with Crippen molar-refractivity contribution in [1.82, 2.24) is 9.80 Å². The van der Waals surface area contributed by atoms with E-state index in [0.29, 0.717) is 44.6 Å². The number of hydrogen-bond donors (Lipinski definition) is 2. The molecule has 0 spiro atoms. The first kappa shape index (κ1) is 26.3. The molecule has 2 aliphatic rings. The van der Waals surface area contributed by atoms with Gasteiger partial charge in [0.25, 0.3) is 0 Å². The van der Waals surface area contributed by atoms with Crippen LogP contribution in [0.25, 0.3) is 11.1 Å². The number of urea groups is 1. The number of carbonyl (C=O) groups is 3. The largest absolute Gasteiger partial charge is 0.497 e. The Morgan fingerprint density at radius 2 is 1.36 bits per heavy atom. The van der Waals surface area contributed by atoms with Crippen molar-refractivity contribution in [1.29, 1.82) is 0 Å². The highest BCUT2D eigenvalue weighted by atomic mass is 16.5. The van der Waals surface area contributed by atoms with E-state index in [1.165, 1.54) is 0 Å². The SMILES string of the molecule is COc1ccc(NC(=O)C2CCN(C(=O)[C@@H]3CCCN3C(=O)Nc3ccc(-c4ccccc4)cc3)CC2)cc1. The van der Waals surface area contributed by atoms with Crippen LogP contribution in [0.15, 0.2) is 78.9 Å². The fourth-order valence-electron chi connectivity index (χ4n) is 5.33. The first-order valence-corrected chi connectivity index (χ1v) is 13.5. The van der Waals surface area contributed by atoms with Gasteiger partial charge < -0.3 is 25.2 Å². The number of carbonyl (C=O) groups excluding carboxylic acids is 3. The lowest BCUT2D eigenvalue weighted by molar-refractivity contribution is -0.138. The Bertz CT molecular complexity index is 1290. The Morgan fingerprint density at radius 3 is 2.03 bits per heavy atom. The molecule has 0 unspecified atom stereocenters. The molecule has 2 N–H and O–H groups in total. The number of amides is 4. The lowest BCUT2D eigenvalue weighted by Crippen LogP contribution is -2.51. The van der Waals surface area contributed by atoms with Gasteiger partial charge in [0, 0.05) is 36.9 Å². The van der Waals surface area contributed by atoms with Gasteiger partial charge in [0.15, 0.2) is 0 Å². The minimum absolute atomic E-state index is 0.0314. The summed E-state index contributed by atoms with van der Waals surface area (Å²) in [4.78, 5) is 42.7. The highest BCUT2D eigenvalue weighted by Gasteiger charge is 2.38. The molecule has 3 aromatic rings. The summed E-state index contributed by atoms with van der Waals surface area (Å²) in [6, 6.07) is 24.3. The normalized spacial score (nSPS) is 17.5. The van der Waals surface area contributed by atoms with Crippen molar-refractivity contribution in [2.45, 2.75) is 31.7 Å². The maximum Gasteiger partial charge on any atom is 0.322 e. The number of anilines is 2. The van der Waals surface area contributed by atoms with E-state index in [4.69, 9.17) is 4.74 Å². The average Bonchev–Trinajstić information content (AvgIpc) is 3.48. The number of hydrogen-bond acceptors (Lipinski definition) is 4. The van der Waals surface area contributed by atoms with Crippen LogP contribution in [0.1, 0.15) is 25.7 Å². The monoisotopic (exact) mass is 526 g/mol. The second kappa shape index (κ2) is 12.0. The van der Waals surface area contributed by atoms with Gasteiger partial charge in [-0.2, -0.15) is 0 Å². The molecule has 0 aromatic heterocycles. The van der Waals surface area contributed by atoms with Crippen molar-refractivity contribution in [2.75, 3.05) is 37.4 Å². The van der Waals surface area contributed by atoms with Gasteiger partial charge >= 0.3 is 6.03 Å². The van der Waals surface area contributed by atoms with Crippen molar-refractivity contribution < 1.29 is 19.1 Å². The average molecular weight is 527 g/mol. The lowest BCUT2D eigenvalue weighted by atomic mass is 9.95. The summed E-state index contributed by atoms with van der Waals surface area (Å²) in [5, 5.41) is 5.92. The Balaban J connectivity index is 1.13. The molecular weight excluding hydrogens is 492 g/mol. The van der Waals surface area contributed by atoms with Crippen molar-refractivity contribution in [3.63, 3.8) is 0 Å². The highest BCUT2D eigenvalue weighted by molar-refractivity contribution is 5.95. The smallest absolute Gasteiger partial charge is 0.322 e. The quantitative estimate of drug-likeness (QED) is 0.460. The molecule has 2 heterocycles. The first-order chi connectivity index (χ1) is 19.0. The molecule has 0 aliphatic carbocycles. The standard InChI is InChI=1S/C31H34N4O4/c1-39-27-15-13-25(14-16-27)32-29(36)24-17-20-34(21-18-24)30(37)28-8-5-19-35(28)31(38)33-26-11-9-23(10-12-26)22-6-3-2-4-7-22/h2-4,6-7,9-16,24,28H,5,8,17-21H2,1H3,(H,32,36)(H,33,38)/t28-/m0/s1. The summed E-state index contributed by atoms with van der Waals surface area (Å²) in [5.41, 5.74) is 3.61. The number of methoxy groups -OCH3 is 1. The van der Waals surface area contributed by atoms with E-state index in [-0.39, 0.29) is 23.8 Å². The van der Waals surface area contributed by atoms with Gasteiger partial charge in [-0.25, -0.2) is 4.79 Å². The van der Waals surface area contributed by atoms with E-state index in [1.54, 1.807) is 24.1 Å². The molecule has 0 saturated carbocycles. The number of piperidine rings is 1. The fraction of sp³-hybridized carbons (Fsp3) is 0.323. The molecule has 3 aromatic carbocycles. The molecule has 2 aliphatic heterocycles. The third kappa shape index (κ3) is 6.22. The molecule has 0 bridgehead atoms. The van der Waals surface area contributed by atoms with Crippen LogP contribution in [0.4, 0.5) is 16.2 Å². The minimum atomic E-state index is -0.474. The summed E-state index contributed by atoms with van der Waals surface area (Å²) in [6.07, 6.45) is 2.63. The number of benzene rings is 3. The van der Waals surface area contributed by atoms with Gasteiger partial charge in [-0.05, 0) is 73.2 Å². The van der Waals surface area contributed by atoms with Crippen molar-refractivity contribution in [3.05, 3.63) is 78.9 Å². The fourth-order valence-corrected chi connectivity index (χ4v) is 5.33. The van der Waals surface area contributed by atoms with Crippen LogP contribution < -0.4 is 15.4 Å². The van der Waals surface area contributed by atoms with E-state index >= 15 is 0 Å². The molecule has 202 valence electrons. The van der Waals surface area contributed by atoms with E-state index < -0.39 is 6.04 Å². The van der Waals surface area contributed by atoms with Gasteiger partial charge in [0.05, 0.1) is 7.11 Å². The van der Waals surface area contributed by atoms with Crippen LogP contribution in [-0.4, -0.2) is 60.4 Å². The number of ether oxygens (including phenoxy) is 1. The predicted octanol–water partition coefficient (Wildman–Crippen LogP) is 5.24. The van der Waals surface area contributed by atoms with Gasteiger partial charge in [0.2, 0.25) is 11.8 Å². The van der Waals surface area contributed by atoms with E-state index in [2.05, 4.69) is 10.6 Å². The Hall–Kier alpha value is -4.33. The van der Waals surface area contributed by atoms with Crippen LogP contribution in [0, 0.1) is 5.92 Å². The van der Waals surface area contributed by atoms with Gasteiger partial charge in [-0.3, -0.25) is 9.59 Å². The predicted molar refractivity (Wildman–Crippen MR) is 152 cm³/mol. The van der Waals surface area contributed by atoms with Crippen LogP contribution in [0.5, 0.6) is 5.75 Å². The van der Waals surface area contributed by atoms with Crippen molar-refractivity contribution in [2.24, 2.45) is 5.92 Å². The van der Waals surface area contributed by atoms with Gasteiger partial charge in [-0.1, -0.05) is 42.5 Å². The molecule has 0 radical (unpaired) electrons. The molecule has 4 amide bonds. The van der Waals surface area contributed by atoms with Crippen LogP contribution >= 0.6 is 0 Å². The Labute approximate surface area is 228 Å². The van der Waals surface area contributed by atoms with Crippen LogP contribution in [0.3, 0.4) is 0 Å². The van der Waals surface area contributed by atoms with Crippen molar-refractivity contribution >= 4 is 29.2 Å². The second-order valence-electron chi connectivity index (χ2n) is 10.0. The Morgan fingerprint density at radius 1 is 0.744 bits per heavy atom. The summed E-state index contributed by atoms with van der Waals surface area (Å²) in [7, 11) is 1.60. The van der Waals surface area contributed by atoms with E-state index in [1.807, 2.05) is 71.6 Å². The summed E-state index contributed by atoms with van der Waals surface area (Å²) in [5.74, 6) is 0.511. The summed E-state index contributed by atoms with van der Waals surface area (Å²) >= 11 is 0. The zero-order valence-corrected chi connectivity index (χ0v) is 22.1. The molecule has 2 fully saturated rings. The van der Waals surface area contributed by atoms with Crippen LogP contribution in [0.2, 0.25) is 0 Å². The maximum atomic E-state index is 13.4. The van der Waals surface area contributed by atoms with Crippen LogP contribution in [-0.2, 0) is 9.59 Å². The topological polar surface area (TPSA) is 91.0 Å². The molecule has 1 atom stereocenters. The number of nitrogens with zero attached hydrogens (tertiary/aromatic N) is 2. The zero-order valence-electron chi connectivity index (χ0n) is 22.1. The Kier molecular flexibility index (Phi) is 8.10.